The molecule has 0 amide bonds. The van der Waals surface area contributed by atoms with Gasteiger partial charge < -0.3 is 14.3 Å². The van der Waals surface area contributed by atoms with Gasteiger partial charge in [0.25, 0.3) is 8.32 Å². The van der Waals surface area contributed by atoms with Crippen LogP contribution in [0.5, 0.6) is 11.5 Å². The third-order valence-corrected chi connectivity index (χ3v) is 11.7. The van der Waals surface area contributed by atoms with Gasteiger partial charge in [0.05, 0.1) is 13.2 Å². The molecule has 1 N–H and O–H groups in total. The van der Waals surface area contributed by atoms with Gasteiger partial charge in [-0.1, -0.05) is 34.6 Å². The Labute approximate surface area is 178 Å². The molecule has 0 spiro atoms. The molecule has 2 heterocycles. The van der Waals surface area contributed by atoms with Crippen molar-refractivity contribution in [2.45, 2.75) is 84.2 Å². The van der Waals surface area contributed by atoms with Gasteiger partial charge in [0.15, 0.2) is 5.75 Å². The van der Waals surface area contributed by atoms with Gasteiger partial charge in [0.2, 0.25) is 0 Å². The van der Waals surface area contributed by atoms with Gasteiger partial charge in [-0.2, -0.15) is 0 Å². The summed E-state index contributed by atoms with van der Waals surface area (Å²) in [5.74, 6) is 2.72. The molecule has 1 saturated heterocycles. The normalized spacial score (nSPS) is 25.5. The molecule has 3 rings (SSSR count). The standard InChI is InChI=1S/C24H41NO3Si/c1-16(2)11-18-15-25-10-9-17-12-22(27-6)23(28-29(7,8)24(3,4)5)13-19(17)20(25)14-21(18)26/h12-13,16,18,20-21,26H,9-11,14-15H2,1-8H3/t18-,20?,21+/m1/s1. The van der Waals surface area contributed by atoms with Crippen molar-refractivity contribution in [2.75, 3.05) is 20.2 Å². The minimum Gasteiger partial charge on any atom is -0.541 e. The zero-order valence-electron chi connectivity index (χ0n) is 19.7. The summed E-state index contributed by atoms with van der Waals surface area (Å²) in [5, 5.41) is 11.0. The fourth-order valence-corrected chi connectivity index (χ4v) is 5.62. The number of methoxy groups -OCH3 is 1. The minimum absolute atomic E-state index is 0.130. The number of aliphatic hydroxyl groups is 1. The lowest BCUT2D eigenvalue weighted by Gasteiger charge is -2.46. The molecule has 1 aromatic carbocycles. The molecule has 0 bridgehead atoms. The van der Waals surface area contributed by atoms with Crippen LogP contribution in [0.25, 0.3) is 0 Å². The Hall–Kier alpha value is -1.04. The Bertz CT molecular complexity index is 726. The van der Waals surface area contributed by atoms with Crippen LogP contribution in [0.2, 0.25) is 18.1 Å². The Morgan fingerprint density at radius 2 is 1.90 bits per heavy atom. The van der Waals surface area contributed by atoms with Gasteiger partial charge in [0.1, 0.15) is 5.75 Å². The highest BCUT2D eigenvalue weighted by atomic mass is 28.4. The second-order valence-corrected chi connectivity index (χ2v) is 15.7. The Balaban J connectivity index is 1.91. The first kappa shape index (κ1) is 22.6. The molecule has 2 aliphatic rings. The highest BCUT2D eigenvalue weighted by molar-refractivity contribution is 6.74. The first-order chi connectivity index (χ1) is 13.4. The van der Waals surface area contributed by atoms with E-state index in [1.165, 1.54) is 11.1 Å². The van der Waals surface area contributed by atoms with Crippen LogP contribution in [0.15, 0.2) is 12.1 Å². The second kappa shape index (κ2) is 8.24. The number of aliphatic hydroxyl groups excluding tert-OH is 1. The van der Waals surface area contributed by atoms with Crippen molar-refractivity contribution in [1.29, 1.82) is 0 Å². The monoisotopic (exact) mass is 419 g/mol. The molecule has 1 unspecified atom stereocenters. The van der Waals surface area contributed by atoms with Crippen molar-refractivity contribution >= 4 is 8.32 Å². The van der Waals surface area contributed by atoms with Crippen LogP contribution < -0.4 is 9.16 Å². The van der Waals surface area contributed by atoms with Crippen LogP contribution >= 0.6 is 0 Å². The highest BCUT2D eigenvalue weighted by Gasteiger charge is 2.41. The predicted octanol–water partition coefficient (Wildman–Crippen LogP) is 5.41. The summed E-state index contributed by atoms with van der Waals surface area (Å²) in [7, 11) is -0.236. The zero-order valence-corrected chi connectivity index (χ0v) is 20.7. The van der Waals surface area contributed by atoms with Crippen LogP contribution in [0.1, 0.15) is 64.6 Å². The summed E-state index contributed by atoms with van der Waals surface area (Å²) < 4.78 is 12.4. The summed E-state index contributed by atoms with van der Waals surface area (Å²) in [4.78, 5) is 2.59. The molecule has 4 nitrogen and oxygen atoms in total. The predicted molar refractivity (Wildman–Crippen MR) is 122 cm³/mol. The van der Waals surface area contributed by atoms with E-state index in [4.69, 9.17) is 9.16 Å². The van der Waals surface area contributed by atoms with Crippen molar-refractivity contribution in [2.24, 2.45) is 11.8 Å². The maximum absolute atomic E-state index is 10.9. The van der Waals surface area contributed by atoms with Gasteiger partial charge in [-0.3, -0.25) is 4.90 Å². The number of hydrogen-bond acceptors (Lipinski definition) is 4. The summed E-state index contributed by atoms with van der Waals surface area (Å²) in [6.07, 6.45) is 2.72. The average molecular weight is 420 g/mol. The van der Waals surface area contributed by atoms with Crippen molar-refractivity contribution in [3.8, 4) is 11.5 Å². The van der Waals surface area contributed by atoms with Gasteiger partial charge in [-0.15, -0.1) is 0 Å². The number of ether oxygens (including phenoxy) is 1. The Morgan fingerprint density at radius 1 is 1.21 bits per heavy atom. The molecule has 1 aromatic rings. The molecule has 0 radical (unpaired) electrons. The SMILES string of the molecule is COc1cc2c(cc1O[Si](C)(C)C(C)(C)C)C1C[C@H](O)[C@H](CC(C)C)CN1CC2. The minimum atomic E-state index is -1.97. The molecule has 3 atom stereocenters. The van der Waals surface area contributed by atoms with Crippen molar-refractivity contribution in [1.82, 2.24) is 4.90 Å². The number of fused-ring (bicyclic) bond motifs is 3. The smallest absolute Gasteiger partial charge is 0.250 e. The van der Waals surface area contributed by atoms with E-state index in [0.29, 0.717) is 11.8 Å². The molecule has 29 heavy (non-hydrogen) atoms. The van der Waals surface area contributed by atoms with Crippen LogP contribution in [0, 0.1) is 11.8 Å². The average Bonchev–Trinajstić information content (AvgIpc) is 2.60. The van der Waals surface area contributed by atoms with E-state index >= 15 is 0 Å². The van der Waals surface area contributed by atoms with Gasteiger partial charge >= 0.3 is 0 Å². The van der Waals surface area contributed by atoms with E-state index < -0.39 is 8.32 Å². The summed E-state index contributed by atoms with van der Waals surface area (Å²) in [6, 6.07) is 4.69. The maximum Gasteiger partial charge on any atom is 0.250 e. The molecule has 5 heteroatoms. The second-order valence-electron chi connectivity index (χ2n) is 11.0. The van der Waals surface area contributed by atoms with Crippen molar-refractivity contribution in [3.63, 3.8) is 0 Å². The fraction of sp³-hybridized carbons (Fsp3) is 0.750. The fourth-order valence-electron chi connectivity index (χ4n) is 4.60. The maximum atomic E-state index is 10.9. The number of piperidine rings is 1. The molecule has 0 aliphatic carbocycles. The third kappa shape index (κ3) is 4.67. The quantitative estimate of drug-likeness (QED) is 0.648. The summed E-state index contributed by atoms with van der Waals surface area (Å²) in [5.41, 5.74) is 2.67. The lowest BCUT2D eigenvalue weighted by atomic mass is 9.79. The molecule has 0 aromatic heterocycles. The van der Waals surface area contributed by atoms with E-state index in [-0.39, 0.29) is 17.2 Å². The summed E-state index contributed by atoms with van der Waals surface area (Å²) in [6.45, 7) is 17.9. The van der Waals surface area contributed by atoms with E-state index in [0.717, 1.165) is 43.9 Å². The lowest BCUT2D eigenvalue weighted by molar-refractivity contribution is -0.0191. The highest BCUT2D eigenvalue weighted by Crippen LogP contribution is 2.46. The molecule has 164 valence electrons. The molecule has 2 aliphatic heterocycles. The number of rotatable bonds is 5. The Morgan fingerprint density at radius 3 is 2.48 bits per heavy atom. The molecular weight excluding hydrogens is 378 g/mol. The van der Waals surface area contributed by atoms with E-state index in [9.17, 15) is 5.11 Å². The molecule has 0 saturated carbocycles. The van der Waals surface area contributed by atoms with Gasteiger partial charge in [-0.05, 0) is 72.5 Å². The topological polar surface area (TPSA) is 41.9 Å². The first-order valence-electron chi connectivity index (χ1n) is 11.2. The van der Waals surface area contributed by atoms with Crippen LogP contribution in [-0.4, -0.2) is 44.6 Å². The number of benzene rings is 1. The largest absolute Gasteiger partial charge is 0.541 e. The number of hydrogen-bond donors (Lipinski definition) is 1. The summed E-state index contributed by atoms with van der Waals surface area (Å²) >= 11 is 0. The zero-order chi connectivity index (χ0) is 21.6. The van der Waals surface area contributed by atoms with Crippen molar-refractivity contribution in [3.05, 3.63) is 23.3 Å². The van der Waals surface area contributed by atoms with E-state index in [1.807, 2.05) is 0 Å². The van der Waals surface area contributed by atoms with E-state index in [2.05, 4.69) is 64.7 Å². The van der Waals surface area contributed by atoms with Gasteiger partial charge in [-0.25, -0.2) is 0 Å². The lowest BCUT2D eigenvalue weighted by Crippen LogP contribution is -2.48. The van der Waals surface area contributed by atoms with E-state index in [1.54, 1.807) is 7.11 Å². The van der Waals surface area contributed by atoms with Crippen LogP contribution in [-0.2, 0) is 6.42 Å². The number of nitrogens with zero attached hydrogens (tertiary/aromatic N) is 1. The first-order valence-corrected chi connectivity index (χ1v) is 14.2. The molecular formula is C24H41NO3Si. The molecule has 1 fully saturated rings. The third-order valence-electron chi connectivity index (χ3n) is 7.32. The van der Waals surface area contributed by atoms with Crippen LogP contribution in [0.4, 0.5) is 0 Å². The van der Waals surface area contributed by atoms with Crippen molar-refractivity contribution < 1.29 is 14.3 Å². The van der Waals surface area contributed by atoms with Gasteiger partial charge in [0, 0.05) is 19.1 Å². The van der Waals surface area contributed by atoms with Crippen LogP contribution in [0.3, 0.4) is 0 Å². The Kier molecular flexibility index (Phi) is 6.43.